The van der Waals surface area contributed by atoms with Gasteiger partial charge in [0.2, 0.25) is 0 Å². The van der Waals surface area contributed by atoms with Crippen LogP contribution in [-0.4, -0.2) is 67.5 Å². The van der Waals surface area contributed by atoms with Crippen molar-refractivity contribution in [2.45, 2.75) is 202 Å². The van der Waals surface area contributed by atoms with Gasteiger partial charge in [0.05, 0.1) is 12.7 Å². The summed E-state index contributed by atoms with van der Waals surface area (Å²) in [6.45, 7) is 21.2. The van der Waals surface area contributed by atoms with Gasteiger partial charge in [-0.25, -0.2) is 0 Å². The van der Waals surface area contributed by atoms with E-state index in [9.17, 15) is 9.90 Å². The molecule has 0 aliphatic heterocycles. The number of aliphatic hydroxyl groups excluding tert-OH is 2. The van der Waals surface area contributed by atoms with Crippen molar-refractivity contribution < 1.29 is 52.5 Å². The molecule has 6 heteroatoms. The molecule has 0 aliphatic carbocycles. The van der Waals surface area contributed by atoms with E-state index in [1.807, 2.05) is 0 Å². The molecule has 0 spiro atoms. The number of nitrogens with zero attached hydrogens (tertiary/aromatic N) is 1. The molecule has 0 amide bonds. The summed E-state index contributed by atoms with van der Waals surface area (Å²) in [5, 5.41) is 18.3. The van der Waals surface area contributed by atoms with Crippen molar-refractivity contribution in [1.29, 1.82) is 0 Å². The molecule has 0 fully saturated rings. The fraction of sp³-hybridized carbons (Fsp3) is 0.950. The van der Waals surface area contributed by atoms with Gasteiger partial charge in [-0.1, -0.05) is 144 Å². The van der Waals surface area contributed by atoms with Crippen LogP contribution in [0, 0.1) is 12.8 Å². The SMILES string of the molecule is CCCCCCC(C=O)CCCCC.CCCCCCC(O)CCCC.CCCCOC.[CH2-]CCCCCN(CCC)CCO.[Y]. The van der Waals surface area contributed by atoms with E-state index < -0.39 is 0 Å². The molecule has 46 heavy (non-hydrogen) atoms. The largest absolute Gasteiger partial charge is 0.395 e. The second-order valence-electron chi connectivity index (χ2n) is 12.7. The second kappa shape index (κ2) is 55.0. The Labute approximate surface area is 316 Å². The van der Waals surface area contributed by atoms with Crippen molar-refractivity contribution >= 4 is 6.29 Å². The van der Waals surface area contributed by atoms with Crippen molar-refractivity contribution in [3.63, 3.8) is 0 Å². The van der Waals surface area contributed by atoms with E-state index in [-0.39, 0.29) is 45.4 Å². The number of unbranched alkanes of at least 4 members (excludes halogenated alkanes) is 13. The summed E-state index contributed by atoms with van der Waals surface area (Å²) in [5.74, 6) is 0.346. The summed E-state index contributed by atoms with van der Waals surface area (Å²) in [6.07, 6.45) is 30.2. The third kappa shape index (κ3) is 56.9. The molecule has 0 aromatic carbocycles. The van der Waals surface area contributed by atoms with Crippen molar-refractivity contribution in [2.75, 3.05) is 40.0 Å². The van der Waals surface area contributed by atoms with Gasteiger partial charge in [0, 0.05) is 58.9 Å². The Morgan fingerprint density at radius 2 is 1.09 bits per heavy atom. The summed E-state index contributed by atoms with van der Waals surface area (Å²) >= 11 is 0. The van der Waals surface area contributed by atoms with Crippen LogP contribution in [0.1, 0.15) is 196 Å². The number of rotatable bonds is 30. The molecule has 0 aliphatic rings. The minimum atomic E-state index is -0.0261. The molecule has 0 aromatic rings. The van der Waals surface area contributed by atoms with Crippen LogP contribution >= 0.6 is 0 Å². The molecule has 5 nitrogen and oxygen atoms in total. The zero-order chi connectivity index (χ0) is 34.7. The first kappa shape index (κ1) is 56.0. The van der Waals surface area contributed by atoms with Crippen molar-refractivity contribution in [1.82, 2.24) is 4.90 Å². The van der Waals surface area contributed by atoms with Crippen LogP contribution in [0.2, 0.25) is 0 Å². The van der Waals surface area contributed by atoms with Crippen LogP contribution in [0.4, 0.5) is 0 Å². The standard InChI is InChI=1S/C13H26O.C11H24NO.C11H24O.C5H12O.Y/c1-3-5-7-9-11-13(12-14)10-8-6-4-2;1-3-5-6-7-9-12(8-4-2)10-11-13;1-3-5-7-8-10-11(12)9-6-4-2;1-3-4-5-6-2;/h12-13H,3-11H2,1-2H3;13H,1,3-11H2,2H3;11-12H,3-10H2,1-2H3;3-5H2,1-2H3;/q;-1;;;. The minimum Gasteiger partial charge on any atom is -0.395 e. The van der Waals surface area contributed by atoms with Gasteiger partial charge in [-0.2, -0.15) is 6.42 Å². The smallest absolute Gasteiger partial charge is 0.123 e. The van der Waals surface area contributed by atoms with Gasteiger partial charge in [-0.3, -0.25) is 0 Å². The monoisotopic (exact) mass is 734 g/mol. The van der Waals surface area contributed by atoms with E-state index in [1.165, 1.54) is 128 Å². The van der Waals surface area contributed by atoms with Crippen LogP contribution in [0.3, 0.4) is 0 Å². The predicted molar refractivity (Wildman–Crippen MR) is 201 cm³/mol. The Morgan fingerprint density at radius 1 is 0.609 bits per heavy atom. The zero-order valence-corrected chi connectivity index (χ0v) is 35.5. The Kier molecular flexibility index (Phi) is 67.0. The molecule has 1 radical (unpaired) electrons. The fourth-order valence-corrected chi connectivity index (χ4v) is 4.93. The molecular formula is C40H86NO4Y-. The van der Waals surface area contributed by atoms with Gasteiger partial charge in [-0.05, 0) is 58.0 Å². The number of carbonyl (C=O) groups is 1. The quantitative estimate of drug-likeness (QED) is 0.0437. The van der Waals surface area contributed by atoms with Gasteiger partial charge in [0.15, 0.2) is 0 Å². The molecule has 2 unspecified atom stereocenters. The van der Waals surface area contributed by atoms with Crippen LogP contribution in [0.25, 0.3) is 0 Å². The van der Waals surface area contributed by atoms with E-state index >= 15 is 0 Å². The third-order valence-electron chi connectivity index (χ3n) is 7.96. The Balaban J connectivity index is -0.000000167. The summed E-state index contributed by atoms with van der Waals surface area (Å²) in [7, 11) is 1.73. The van der Waals surface area contributed by atoms with E-state index in [0.717, 1.165) is 58.3 Å². The first-order valence-electron chi connectivity index (χ1n) is 19.7. The van der Waals surface area contributed by atoms with E-state index in [2.05, 4.69) is 53.4 Å². The molecule has 0 bridgehead atoms. The maximum absolute atomic E-state index is 10.8. The van der Waals surface area contributed by atoms with Crippen molar-refractivity contribution in [3.05, 3.63) is 6.92 Å². The number of aliphatic hydroxyl groups is 2. The number of methoxy groups -OCH3 is 1. The molecule has 0 saturated heterocycles. The molecule has 0 rings (SSSR count). The number of hydrogen-bond donors (Lipinski definition) is 2. The molecule has 2 atom stereocenters. The van der Waals surface area contributed by atoms with Crippen LogP contribution in [-0.2, 0) is 42.2 Å². The maximum atomic E-state index is 10.8. The van der Waals surface area contributed by atoms with Gasteiger partial charge in [0.25, 0.3) is 0 Å². The van der Waals surface area contributed by atoms with E-state index in [1.54, 1.807) is 7.11 Å². The average molecular weight is 734 g/mol. The summed E-state index contributed by atoms with van der Waals surface area (Å²) in [4.78, 5) is 13.1. The van der Waals surface area contributed by atoms with Crippen molar-refractivity contribution in [3.8, 4) is 0 Å². The third-order valence-corrected chi connectivity index (χ3v) is 7.96. The molecule has 0 aromatic heterocycles. The first-order chi connectivity index (χ1) is 21.9. The van der Waals surface area contributed by atoms with Gasteiger partial charge in [0.1, 0.15) is 6.29 Å². The van der Waals surface area contributed by atoms with Gasteiger partial charge in [-0.15, -0.1) is 0 Å². The number of hydrogen-bond acceptors (Lipinski definition) is 5. The van der Waals surface area contributed by atoms with Crippen LogP contribution in [0.5, 0.6) is 0 Å². The molecule has 279 valence electrons. The van der Waals surface area contributed by atoms with Crippen LogP contribution in [0.15, 0.2) is 0 Å². The Morgan fingerprint density at radius 3 is 1.52 bits per heavy atom. The van der Waals surface area contributed by atoms with Gasteiger partial charge < -0.3 is 31.6 Å². The van der Waals surface area contributed by atoms with Crippen LogP contribution < -0.4 is 0 Å². The number of ether oxygens (including phenoxy) is 1. The molecule has 0 heterocycles. The molecule has 0 saturated carbocycles. The predicted octanol–water partition coefficient (Wildman–Crippen LogP) is 11.4. The first-order valence-corrected chi connectivity index (χ1v) is 19.7. The number of carbonyl (C=O) groups excluding carboxylic acids is 1. The number of aldehydes is 1. The average Bonchev–Trinajstić information content (AvgIpc) is 3.05. The van der Waals surface area contributed by atoms with Crippen molar-refractivity contribution in [2.24, 2.45) is 5.92 Å². The molecule has 2 N–H and O–H groups in total. The summed E-state index contributed by atoms with van der Waals surface area (Å²) < 4.78 is 4.78. The van der Waals surface area contributed by atoms with Gasteiger partial charge >= 0.3 is 0 Å². The summed E-state index contributed by atoms with van der Waals surface area (Å²) in [6, 6.07) is 0. The maximum Gasteiger partial charge on any atom is 0.123 e. The second-order valence-corrected chi connectivity index (χ2v) is 12.7. The van der Waals surface area contributed by atoms with E-state index in [4.69, 9.17) is 9.84 Å². The normalized spacial score (nSPS) is 11.6. The fourth-order valence-electron chi connectivity index (χ4n) is 4.93. The summed E-state index contributed by atoms with van der Waals surface area (Å²) in [5.41, 5.74) is 0. The zero-order valence-electron chi connectivity index (χ0n) is 32.7. The molecular weight excluding hydrogens is 647 g/mol. The minimum absolute atomic E-state index is 0. The Bertz CT molecular complexity index is 474. The Hall–Kier alpha value is 0.614. The van der Waals surface area contributed by atoms with E-state index in [0.29, 0.717) is 5.92 Å². The topological polar surface area (TPSA) is 70.0 Å².